The fourth-order valence-corrected chi connectivity index (χ4v) is 5.71. The first-order valence-corrected chi connectivity index (χ1v) is 15.2. The van der Waals surface area contributed by atoms with Crippen LogP contribution in [0.4, 0.5) is 0 Å². The Morgan fingerprint density at radius 2 is 1.80 bits per heavy atom. The van der Waals surface area contributed by atoms with Crippen LogP contribution in [-0.4, -0.2) is 93.2 Å². The number of aliphatic hydroxyl groups excluding tert-OH is 1. The van der Waals surface area contributed by atoms with Crippen LogP contribution in [-0.2, 0) is 16.0 Å². The van der Waals surface area contributed by atoms with E-state index in [0.717, 1.165) is 55.3 Å². The zero-order chi connectivity index (χ0) is 27.9. The van der Waals surface area contributed by atoms with Gasteiger partial charge in [0.25, 0.3) is 0 Å². The number of halogens is 2. The van der Waals surface area contributed by atoms with Crippen molar-refractivity contribution < 1.29 is 24.1 Å². The molecule has 8 nitrogen and oxygen atoms in total. The standard InChI is InChI=1S/C29H51N3O5S.2ClH/c1-21(2)24(18-23-7-8-27(36-5)28(19-23)37-14-6-13-35-4)20-25(30)26(33)17-22(3)29(34)31-9-10-32-11-15-38-16-12-32;;/h7-8,19,21-22,24-26,33H,6,9-18,20,30H2,1-5H3,(H,31,34);2*1H/t22-,24+,25+,26+;;/m1../s1. The lowest BCUT2D eigenvalue weighted by Gasteiger charge is -2.29. The fraction of sp³-hybridized carbons (Fsp3) is 0.759. The van der Waals surface area contributed by atoms with Gasteiger partial charge in [0, 0.05) is 69.8 Å². The molecule has 0 unspecified atom stereocenters. The van der Waals surface area contributed by atoms with E-state index in [1.807, 2.05) is 30.8 Å². The van der Waals surface area contributed by atoms with Crippen LogP contribution in [0, 0.1) is 17.8 Å². The van der Waals surface area contributed by atoms with E-state index in [9.17, 15) is 9.90 Å². The van der Waals surface area contributed by atoms with Gasteiger partial charge in [0.1, 0.15) is 0 Å². The maximum Gasteiger partial charge on any atom is 0.222 e. The highest BCUT2D eigenvalue weighted by molar-refractivity contribution is 7.99. The number of thioether (sulfide) groups is 1. The summed E-state index contributed by atoms with van der Waals surface area (Å²) in [5.41, 5.74) is 7.62. The summed E-state index contributed by atoms with van der Waals surface area (Å²) in [6, 6.07) is 5.65. The van der Waals surface area contributed by atoms with Gasteiger partial charge in [0.05, 0.1) is 19.8 Å². The first-order chi connectivity index (χ1) is 18.2. The number of nitrogens with one attached hydrogen (secondary N) is 1. The lowest BCUT2D eigenvalue weighted by molar-refractivity contribution is -0.125. The minimum atomic E-state index is -0.730. The van der Waals surface area contributed by atoms with Gasteiger partial charge in [-0.1, -0.05) is 26.8 Å². The summed E-state index contributed by atoms with van der Waals surface area (Å²) in [6.07, 6.45) is 1.93. The SMILES string of the molecule is COCCCOc1cc(C[C@@H](C[C@H](N)[C@@H](O)C[C@@H](C)C(=O)NCCN2CCSCC2)C(C)C)ccc1OC.Cl.Cl. The molecule has 0 spiro atoms. The van der Waals surface area contributed by atoms with E-state index in [1.165, 1.54) is 0 Å². The largest absolute Gasteiger partial charge is 0.493 e. The predicted molar refractivity (Wildman–Crippen MR) is 171 cm³/mol. The number of hydrogen-bond donors (Lipinski definition) is 3. The number of ether oxygens (including phenoxy) is 3. The number of carbonyl (C=O) groups is 1. The molecule has 11 heteroatoms. The molecule has 1 aliphatic rings. The van der Waals surface area contributed by atoms with Crippen molar-refractivity contribution in [3.63, 3.8) is 0 Å². The zero-order valence-electron chi connectivity index (χ0n) is 24.9. The van der Waals surface area contributed by atoms with Crippen molar-refractivity contribution in [1.29, 1.82) is 0 Å². The topological polar surface area (TPSA) is 106 Å². The molecule has 0 aromatic heterocycles. The maximum absolute atomic E-state index is 12.6. The highest BCUT2D eigenvalue weighted by Crippen LogP contribution is 2.31. The summed E-state index contributed by atoms with van der Waals surface area (Å²) in [5.74, 6) is 4.12. The molecule has 4 N–H and O–H groups in total. The van der Waals surface area contributed by atoms with E-state index < -0.39 is 12.1 Å². The monoisotopic (exact) mass is 625 g/mol. The lowest BCUT2D eigenvalue weighted by Crippen LogP contribution is -2.43. The van der Waals surface area contributed by atoms with Crippen molar-refractivity contribution in [2.24, 2.45) is 23.5 Å². The number of methoxy groups -OCH3 is 2. The second-order valence-corrected chi connectivity index (χ2v) is 12.0. The lowest BCUT2D eigenvalue weighted by atomic mass is 9.82. The van der Waals surface area contributed by atoms with Crippen LogP contribution in [0.3, 0.4) is 0 Å². The number of nitrogens with zero attached hydrogens (tertiary/aromatic N) is 1. The molecule has 1 aromatic carbocycles. The second-order valence-electron chi connectivity index (χ2n) is 10.7. The molecule has 1 amide bonds. The molecule has 1 saturated heterocycles. The Balaban J connectivity index is 0.00000760. The molecular weight excluding hydrogens is 573 g/mol. The summed E-state index contributed by atoms with van der Waals surface area (Å²) >= 11 is 1.98. The molecule has 0 aliphatic carbocycles. The molecule has 1 aliphatic heterocycles. The van der Waals surface area contributed by atoms with Gasteiger partial charge in [-0.05, 0) is 48.8 Å². The summed E-state index contributed by atoms with van der Waals surface area (Å²) < 4.78 is 16.5. The van der Waals surface area contributed by atoms with E-state index in [4.69, 9.17) is 19.9 Å². The van der Waals surface area contributed by atoms with Crippen molar-refractivity contribution in [3.8, 4) is 11.5 Å². The smallest absolute Gasteiger partial charge is 0.222 e. The molecule has 4 atom stereocenters. The van der Waals surface area contributed by atoms with E-state index in [1.54, 1.807) is 14.2 Å². The van der Waals surface area contributed by atoms with Crippen molar-refractivity contribution in [2.45, 2.75) is 58.6 Å². The molecule has 0 radical (unpaired) electrons. The minimum absolute atomic E-state index is 0. The third-order valence-electron chi connectivity index (χ3n) is 7.36. The van der Waals surface area contributed by atoms with Crippen LogP contribution in [0.15, 0.2) is 18.2 Å². The van der Waals surface area contributed by atoms with Gasteiger partial charge in [-0.2, -0.15) is 11.8 Å². The Kier molecular flexibility index (Phi) is 21.2. The van der Waals surface area contributed by atoms with Crippen molar-refractivity contribution in [1.82, 2.24) is 10.2 Å². The van der Waals surface area contributed by atoms with E-state index in [0.29, 0.717) is 44.3 Å². The molecule has 1 aromatic rings. The Morgan fingerprint density at radius 3 is 2.42 bits per heavy atom. The fourth-order valence-electron chi connectivity index (χ4n) is 4.73. The molecule has 1 fully saturated rings. The van der Waals surface area contributed by atoms with Gasteiger partial charge in [0.2, 0.25) is 5.91 Å². The van der Waals surface area contributed by atoms with Crippen LogP contribution in [0.5, 0.6) is 11.5 Å². The molecule has 0 bridgehead atoms. The van der Waals surface area contributed by atoms with Crippen molar-refractivity contribution >= 4 is 42.5 Å². The molecule has 234 valence electrons. The first-order valence-electron chi connectivity index (χ1n) is 14.0. The number of carbonyl (C=O) groups excluding carboxylic acids is 1. The van der Waals surface area contributed by atoms with Gasteiger partial charge in [-0.3, -0.25) is 9.69 Å². The number of amides is 1. The Morgan fingerprint density at radius 1 is 1.10 bits per heavy atom. The van der Waals surface area contributed by atoms with Crippen LogP contribution in [0.2, 0.25) is 0 Å². The van der Waals surface area contributed by atoms with Crippen molar-refractivity contribution in [2.75, 3.05) is 65.1 Å². The zero-order valence-corrected chi connectivity index (χ0v) is 27.4. The van der Waals surface area contributed by atoms with Gasteiger partial charge < -0.3 is 30.4 Å². The number of benzene rings is 1. The first kappa shape index (κ1) is 39.1. The van der Waals surface area contributed by atoms with Crippen LogP contribution in [0.25, 0.3) is 0 Å². The normalized spacial score (nSPS) is 16.7. The molecule has 0 saturated carbocycles. The van der Waals surface area contributed by atoms with Gasteiger partial charge in [0.15, 0.2) is 11.5 Å². The maximum atomic E-state index is 12.6. The van der Waals surface area contributed by atoms with E-state index in [-0.39, 0.29) is 42.6 Å². The van der Waals surface area contributed by atoms with Crippen LogP contribution >= 0.6 is 36.6 Å². The second kappa shape index (κ2) is 21.7. The number of hydrogen-bond acceptors (Lipinski definition) is 8. The summed E-state index contributed by atoms with van der Waals surface area (Å²) in [4.78, 5) is 15.0. The highest BCUT2D eigenvalue weighted by Gasteiger charge is 2.26. The molecule has 40 heavy (non-hydrogen) atoms. The summed E-state index contributed by atoms with van der Waals surface area (Å²) in [5, 5.41) is 13.9. The average molecular weight is 627 g/mol. The average Bonchev–Trinajstić information content (AvgIpc) is 2.91. The molecule has 2 rings (SSSR count). The third kappa shape index (κ3) is 14.3. The number of aliphatic hydroxyl groups is 1. The number of rotatable bonds is 18. The number of nitrogens with two attached hydrogens (primary N) is 1. The molecule has 1 heterocycles. The van der Waals surface area contributed by atoms with Crippen molar-refractivity contribution in [3.05, 3.63) is 23.8 Å². The van der Waals surface area contributed by atoms with Gasteiger partial charge in [-0.25, -0.2) is 0 Å². The Bertz CT molecular complexity index is 818. The predicted octanol–water partition coefficient (Wildman–Crippen LogP) is 4.04. The van der Waals surface area contributed by atoms with Gasteiger partial charge in [-0.15, -0.1) is 24.8 Å². The molecular formula is C29H53Cl2N3O5S. The van der Waals surface area contributed by atoms with Crippen LogP contribution in [0.1, 0.15) is 45.6 Å². The summed E-state index contributed by atoms with van der Waals surface area (Å²) in [7, 11) is 3.32. The van der Waals surface area contributed by atoms with Gasteiger partial charge >= 0.3 is 0 Å². The van der Waals surface area contributed by atoms with Crippen LogP contribution < -0.4 is 20.5 Å². The quantitative estimate of drug-likeness (QED) is 0.210. The minimum Gasteiger partial charge on any atom is -0.493 e. The third-order valence-corrected chi connectivity index (χ3v) is 8.30. The highest BCUT2D eigenvalue weighted by atomic mass is 35.5. The summed E-state index contributed by atoms with van der Waals surface area (Å²) in [6.45, 7) is 11.1. The Hall–Kier alpha value is -0.940. The van der Waals surface area contributed by atoms with E-state index in [2.05, 4.69) is 30.1 Å². The Labute approximate surface area is 258 Å². The van der Waals surface area contributed by atoms with E-state index >= 15 is 0 Å².